The molecule has 13 heteroatoms. The molecule has 4 aromatic rings. The van der Waals surface area contributed by atoms with Crippen molar-refractivity contribution < 1.29 is 38.5 Å². The van der Waals surface area contributed by atoms with Crippen molar-refractivity contribution >= 4 is 29.6 Å². The second-order valence-electron chi connectivity index (χ2n) is 10.3. The summed E-state index contributed by atoms with van der Waals surface area (Å²) in [5.41, 5.74) is 2.81. The molecule has 2 aliphatic heterocycles. The van der Waals surface area contributed by atoms with Crippen LogP contribution in [0.3, 0.4) is 0 Å². The minimum atomic E-state index is -1.33. The Balaban J connectivity index is 1.66. The number of nitrogens with one attached hydrogen (secondary N) is 1. The minimum Gasteiger partial charge on any atom is -0.502 e. The van der Waals surface area contributed by atoms with E-state index in [0.717, 1.165) is 26.1 Å². The van der Waals surface area contributed by atoms with E-state index in [0.29, 0.717) is 11.1 Å². The number of carbonyl (C=O) groups is 3. The van der Waals surface area contributed by atoms with Gasteiger partial charge in [0.05, 0.1) is 11.3 Å². The number of benzene rings is 3. The maximum atomic E-state index is 15.4. The van der Waals surface area contributed by atoms with Gasteiger partial charge in [-0.25, -0.2) is 18.3 Å². The zero-order valence-corrected chi connectivity index (χ0v) is 23.6. The van der Waals surface area contributed by atoms with Crippen LogP contribution >= 0.6 is 11.8 Å². The molecule has 1 aromatic heterocycles. The highest BCUT2D eigenvalue weighted by Gasteiger charge is 2.35. The number of pyridine rings is 1. The van der Waals surface area contributed by atoms with E-state index in [-0.39, 0.29) is 53.2 Å². The molecule has 0 aliphatic carbocycles. The standard InChI is InChI=1S/C31H23F2N3O7S/c32-22-11-19(18-10-16-5-1-2-7-23(16)44-13-21(18)25(22)33)26-20(9-15-4-3-6-17(8-15)31(42)43)28(39)29(40)27-30(41)35(12-24(37)38)14-34-36(26)27/h1-8,11,34,40H,9-10,12-14H2,(H,37,38)(H,42,43). The van der Waals surface area contributed by atoms with E-state index in [1.165, 1.54) is 30.0 Å². The number of halogens is 2. The molecule has 10 nitrogen and oxygen atoms in total. The van der Waals surface area contributed by atoms with Crippen molar-refractivity contribution in [2.24, 2.45) is 0 Å². The Labute approximate surface area is 252 Å². The lowest BCUT2D eigenvalue weighted by molar-refractivity contribution is -0.137. The molecule has 0 unspecified atom stereocenters. The quantitative estimate of drug-likeness (QED) is 0.251. The summed E-state index contributed by atoms with van der Waals surface area (Å²) in [7, 11) is 0. The summed E-state index contributed by atoms with van der Waals surface area (Å²) in [5, 5.41) is 29.8. The monoisotopic (exact) mass is 619 g/mol. The SMILES string of the molecule is O=C(O)CN1CNn2c(c(O)c(=O)c(Cc3cccc(C(=O)O)c3)c2-c2cc(F)c(F)c3c2Cc2ccccc2SC3)C1=O. The van der Waals surface area contributed by atoms with Gasteiger partial charge in [0.1, 0.15) is 13.2 Å². The van der Waals surface area contributed by atoms with E-state index in [1.807, 2.05) is 24.3 Å². The largest absolute Gasteiger partial charge is 0.502 e. The van der Waals surface area contributed by atoms with E-state index in [9.17, 15) is 34.5 Å². The Morgan fingerprint density at radius 3 is 2.50 bits per heavy atom. The van der Waals surface area contributed by atoms with Gasteiger partial charge in [-0.3, -0.25) is 14.4 Å². The molecule has 0 saturated heterocycles. The minimum absolute atomic E-state index is 0.0358. The van der Waals surface area contributed by atoms with Crippen molar-refractivity contribution in [3.05, 3.63) is 116 Å². The zero-order chi connectivity index (χ0) is 31.3. The highest BCUT2D eigenvalue weighted by atomic mass is 32.2. The van der Waals surface area contributed by atoms with Crippen LogP contribution in [-0.2, 0) is 23.4 Å². The number of aromatic carboxylic acids is 1. The van der Waals surface area contributed by atoms with Crippen LogP contribution in [0.25, 0.3) is 11.3 Å². The number of aromatic hydroxyl groups is 1. The first kappa shape index (κ1) is 28.9. The van der Waals surface area contributed by atoms with Crippen LogP contribution in [0.4, 0.5) is 8.78 Å². The molecule has 1 amide bonds. The number of rotatable bonds is 6. The fourth-order valence-electron chi connectivity index (χ4n) is 5.61. The highest BCUT2D eigenvalue weighted by Crippen LogP contribution is 2.41. The Morgan fingerprint density at radius 2 is 1.75 bits per heavy atom. The van der Waals surface area contributed by atoms with Gasteiger partial charge in [-0.1, -0.05) is 30.3 Å². The van der Waals surface area contributed by atoms with E-state index in [2.05, 4.69) is 5.43 Å². The van der Waals surface area contributed by atoms with Crippen LogP contribution in [0.1, 0.15) is 48.7 Å². The molecule has 0 saturated carbocycles. The van der Waals surface area contributed by atoms with E-state index in [4.69, 9.17) is 0 Å². The third-order valence-electron chi connectivity index (χ3n) is 7.64. The molecule has 3 aromatic carbocycles. The third kappa shape index (κ3) is 4.94. The first-order valence-electron chi connectivity index (χ1n) is 13.3. The molecule has 4 N–H and O–H groups in total. The Bertz CT molecular complexity index is 1960. The smallest absolute Gasteiger partial charge is 0.335 e. The molecule has 3 heterocycles. The highest BCUT2D eigenvalue weighted by molar-refractivity contribution is 7.98. The molecule has 0 bridgehead atoms. The van der Waals surface area contributed by atoms with Crippen LogP contribution in [0.5, 0.6) is 5.75 Å². The second-order valence-corrected chi connectivity index (χ2v) is 11.4. The van der Waals surface area contributed by atoms with Gasteiger partial charge in [0.25, 0.3) is 5.91 Å². The van der Waals surface area contributed by atoms with Crippen molar-refractivity contribution in [2.45, 2.75) is 23.5 Å². The summed E-state index contributed by atoms with van der Waals surface area (Å²) in [6.45, 7) is -1.07. The summed E-state index contributed by atoms with van der Waals surface area (Å²) in [6.07, 6.45) is -0.0839. The van der Waals surface area contributed by atoms with Crippen LogP contribution < -0.4 is 10.9 Å². The van der Waals surface area contributed by atoms with Crippen molar-refractivity contribution in [1.29, 1.82) is 0 Å². The van der Waals surface area contributed by atoms with Crippen molar-refractivity contribution in [1.82, 2.24) is 9.58 Å². The molecule has 224 valence electrons. The summed E-state index contributed by atoms with van der Waals surface area (Å²) >= 11 is 1.33. The number of carboxylic acid groups (broad SMARTS) is 2. The lowest BCUT2D eigenvalue weighted by Gasteiger charge is -2.33. The van der Waals surface area contributed by atoms with Crippen LogP contribution in [0, 0.1) is 11.6 Å². The Hall–Kier alpha value is -5.17. The molecular formula is C31H23F2N3O7S. The van der Waals surface area contributed by atoms with Gasteiger partial charge >= 0.3 is 11.9 Å². The number of hydrogen-bond donors (Lipinski definition) is 4. The predicted octanol–water partition coefficient (Wildman–Crippen LogP) is 4.03. The molecule has 0 atom stereocenters. The van der Waals surface area contributed by atoms with Gasteiger partial charge in [-0.15, -0.1) is 11.8 Å². The van der Waals surface area contributed by atoms with Crippen molar-refractivity contribution in [3.63, 3.8) is 0 Å². The number of fused-ring (bicyclic) bond motifs is 3. The normalized spacial score (nSPS) is 13.8. The van der Waals surface area contributed by atoms with Gasteiger partial charge < -0.3 is 25.6 Å². The van der Waals surface area contributed by atoms with Crippen LogP contribution in [0.15, 0.2) is 64.3 Å². The zero-order valence-electron chi connectivity index (χ0n) is 22.8. The van der Waals surface area contributed by atoms with Crippen molar-refractivity contribution in [2.75, 3.05) is 18.6 Å². The lowest BCUT2D eigenvalue weighted by atomic mass is 9.89. The number of aliphatic carboxylic acids is 1. The topological polar surface area (TPSA) is 149 Å². The van der Waals surface area contributed by atoms with E-state index >= 15 is 8.78 Å². The van der Waals surface area contributed by atoms with E-state index < -0.39 is 52.9 Å². The van der Waals surface area contributed by atoms with E-state index in [1.54, 1.807) is 6.07 Å². The van der Waals surface area contributed by atoms with Gasteiger partial charge in [-0.2, -0.15) is 0 Å². The second kappa shape index (κ2) is 11.2. The maximum Gasteiger partial charge on any atom is 0.335 e. The first-order valence-corrected chi connectivity index (χ1v) is 14.3. The average molecular weight is 620 g/mol. The number of amides is 1. The molecule has 2 aliphatic rings. The number of hydrogen-bond acceptors (Lipinski definition) is 7. The van der Waals surface area contributed by atoms with Gasteiger partial charge in [0, 0.05) is 33.8 Å². The molecule has 0 fully saturated rings. The maximum absolute atomic E-state index is 15.4. The Morgan fingerprint density at radius 1 is 0.977 bits per heavy atom. The summed E-state index contributed by atoms with van der Waals surface area (Å²) in [4.78, 5) is 52.0. The number of nitrogens with zero attached hydrogens (tertiary/aromatic N) is 2. The molecule has 0 radical (unpaired) electrons. The summed E-state index contributed by atoms with van der Waals surface area (Å²) < 4.78 is 31.9. The summed E-state index contributed by atoms with van der Waals surface area (Å²) in [6, 6.07) is 14.1. The van der Waals surface area contributed by atoms with Gasteiger partial charge in [-0.05, 0) is 47.4 Å². The fourth-order valence-corrected chi connectivity index (χ4v) is 6.71. The number of carboxylic acids is 2. The number of carbonyl (C=O) groups excluding carboxylic acids is 1. The lowest BCUT2D eigenvalue weighted by Crippen LogP contribution is -2.49. The molecular weight excluding hydrogens is 596 g/mol. The first-order chi connectivity index (χ1) is 21.0. The van der Waals surface area contributed by atoms with Gasteiger partial charge in [0.2, 0.25) is 5.43 Å². The third-order valence-corrected chi connectivity index (χ3v) is 8.78. The number of aromatic nitrogens is 1. The Kier molecular flexibility index (Phi) is 7.33. The molecule has 0 spiro atoms. The fraction of sp³-hybridized carbons (Fsp3) is 0.161. The van der Waals surface area contributed by atoms with Crippen LogP contribution in [0.2, 0.25) is 0 Å². The molecule has 6 rings (SSSR count). The summed E-state index contributed by atoms with van der Waals surface area (Å²) in [5.74, 6) is -6.62. The predicted molar refractivity (Wildman–Crippen MR) is 156 cm³/mol. The number of thioether (sulfide) groups is 1. The van der Waals surface area contributed by atoms with Crippen molar-refractivity contribution in [3.8, 4) is 17.0 Å². The average Bonchev–Trinajstić information content (AvgIpc) is 3.19. The molecule has 44 heavy (non-hydrogen) atoms. The van der Waals surface area contributed by atoms with Crippen LogP contribution in [-0.4, -0.2) is 56.0 Å². The van der Waals surface area contributed by atoms with Gasteiger partial charge in [0.15, 0.2) is 23.1 Å².